The Hall–Kier alpha value is -1.66. The van der Waals surface area contributed by atoms with Gasteiger partial charge in [-0.15, -0.1) is 0 Å². The lowest BCUT2D eigenvalue weighted by atomic mass is 9.87. The van der Waals surface area contributed by atoms with Gasteiger partial charge in [0.1, 0.15) is 5.56 Å². The first kappa shape index (κ1) is 15.2. The molecule has 1 aromatic rings. The van der Waals surface area contributed by atoms with E-state index < -0.39 is 0 Å². The third kappa shape index (κ3) is 2.80. The molecule has 6 heteroatoms. The van der Waals surface area contributed by atoms with Crippen LogP contribution in [0.3, 0.4) is 0 Å². The summed E-state index contributed by atoms with van der Waals surface area (Å²) in [7, 11) is 3.25. The number of hydrogen-bond donors (Lipinski definition) is 0. The van der Waals surface area contributed by atoms with E-state index in [1.807, 2.05) is 4.90 Å². The normalized spacial score (nSPS) is 23.7. The van der Waals surface area contributed by atoms with Crippen molar-refractivity contribution in [1.29, 1.82) is 0 Å². The van der Waals surface area contributed by atoms with Crippen LogP contribution < -0.4 is 4.74 Å². The van der Waals surface area contributed by atoms with Crippen molar-refractivity contribution in [2.75, 3.05) is 33.9 Å². The van der Waals surface area contributed by atoms with E-state index in [-0.39, 0.29) is 17.6 Å². The Morgan fingerprint density at radius 1 is 1.41 bits per heavy atom. The topological polar surface area (TPSA) is 60.9 Å². The summed E-state index contributed by atoms with van der Waals surface area (Å²) in [5.41, 5.74) is 0.402. The van der Waals surface area contributed by atoms with Gasteiger partial charge in [-0.1, -0.05) is 0 Å². The van der Waals surface area contributed by atoms with Crippen LogP contribution in [0.1, 0.15) is 29.6 Å². The summed E-state index contributed by atoms with van der Waals surface area (Å²) >= 11 is 0. The Morgan fingerprint density at radius 2 is 2.18 bits per heavy atom. The van der Waals surface area contributed by atoms with Crippen molar-refractivity contribution in [3.63, 3.8) is 0 Å². The number of likely N-dealkylation sites (tertiary alicyclic amines) is 1. The van der Waals surface area contributed by atoms with Gasteiger partial charge in [-0.25, -0.2) is 4.98 Å². The van der Waals surface area contributed by atoms with Gasteiger partial charge in [0.05, 0.1) is 25.4 Å². The number of amides is 1. The van der Waals surface area contributed by atoms with Gasteiger partial charge in [-0.2, -0.15) is 0 Å². The first-order chi connectivity index (χ1) is 10.7. The van der Waals surface area contributed by atoms with Crippen molar-refractivity contribution < 1.29 is 19.0 Å². The maximum Gasteiger partial charge on any atom is 0.259 e. The molecule has 1 atom stereocenters. The van der Waals surface area contributed by atoms with Gasteiger partial charge in [0, 0.05) is 32.8 Å². The van der Waals surface area contributed by atoms with Gasteiger partial charge in [-0.3, -0.25) is 4.79 Å². The van der Waals surface area contributed by atoms with Crippen molar-refractivity contribution in [3.8, 4) is 5.88 Å². The van der Waals surface area contributed by atoms with Gasteiger partial charge in [0.15, 0.2) is 0 Å². The minimum Gasteiger partial charge on any atom is -0.480 e. The zero-order chi connectivity index (χ0) is 15.6. The zero-order valence-corrected chi connectivity index (χ0v) is 13.1. The first-order valence-corrected chi connectivity index (χ1v) is 7.62. The maximum atomic E-state index is 12.6. The van der Waals surface area contributed by atoms with E-state index in [0.717, 1.165) is 19.3 Å². The highest BCUT2D eigenvalue weighted by Crippen LogP contribution is 2.37. The molecule has 3 heterocycles. The second-order valence-electron chi connectivity index (χ2n) is 5.91. The average Bonchev–Trinajstić information content (AvgIpc) is 2.98. The van der Waals surface area contributed by atoms with Crippen LogP contribution in [0.25, 0.3) is 0 Å². The number of hydrogen-bond acceptors (Lipinski definition) is 5. The number of piperidine rings is 1. The Balaban J connectivity index is 1.65. The molecule has 1 amide bonds. The van der Waals surface area contributed by atoms with Crippen LogP contribution in [-0.2, 0) is 9.47 Å². The lowest BCUT2D eigenvalue weighted by Gasteiger charge is -2.38. The predicted molar refractivity (Wildman–Crippen MR) is 80.0 cm³/mol. The van der Waals surface area contributed by atoms with Gasteiger partial charge in [0.25, 0.3) is 5.91 Å². The van der Waals surface area contributed by atoms with Gasteiger partial charge < -0.3 is 19.1 Å². The highest BCUT2D eigenvalue weighted by Gasteiger charge is 2.43. The molecule has 2 fully saturated rings. The van der Waals surface area contributed by atoms with Crippen LogP contribution in [0.2, 0.25) is 0 Å². The van der Waals surface area contributed by atoms with Crippen molar-refractivity contribution in [2.45, 2.75) is 31.0 Å². The SMILES string of the molecule is COc1ncccc1C(=O)N1CCC2(CC1)C[C@@H](OC)CO2. The van der Waals surface area contributed by atoms with E-state index in [4.69, 9.17) is 14.2 Å². The Kier molecular flexibility index (Phi) is 4.31. The van der Waals surface area contributed by atoms with Gasteiger partial charge in [0.2, 0.25) is 5.88 Å². The van der Waals surface area contributed by atoms with Crippen molar-refractivity contribution in [3.05, 3.63) is 23.9 Å². The molecular formula is C16H22N2O4. The fraction of sp³-hybridized carbons (Fsp3) is 0.625. The molecule has 0 bridgehead atoms. The second-order valence-corrected chi connectivity index (χ2v) is 5.91. The van der Waals surface area contributed by atoms with Crippen LogP contribution in [0.4, 0.5) is 0 Å². The third-order valence-electron chi connectivity index (χ3n) is 4.67. The highest BCUT2D eigenvalue weighted by atomic mass is 16.6. The molecule has 0 saturated carbocycles. The molecule has 2 aliphatic rings. The van der Waals surface area contributed by atoms with Crippen LogP contribution in [0.15, 0.2) is 18.3 Å². The molecule has 0 N–H and O–H groups in total. The molecule has 120 valence electrons. The number of methoxy groups -OCH3 is 2. The van der Waals surface area contributed by atoms with E-state index in [2.05, 4.69) is 4.98 Å². The summed E-state index contributed by atoms with van der Waals surface area (Å²) in [6, 6.07) is 3.51. The second kappa shape index (κ2) is 6.22. The smallest absolute Gasteiger partial charge is 0.259 e. The summed E-state index contributed by atoms with van der Waals surface area (Å²) in [6.45, 7) is 2.03. The molecule has 1 spiro atoms. The minimum absolute atomic E-state index is 0.0268. The third-order valence-corrected chi connectivity index (χ3v) is 4.67. The fourth-order valence-electron chi connectivity index (χ4n) is 3.31. The number of rotatable bonds is 3. The fourth-order valence-corrected chi connectivity index (χ4v) is 3.31. The molecule has 0 unspecified atom stereocenters. The Bertz CT molecular complexity index is 541. The lowest BCUT2D eigenvalue weighted by Crippen LogP contribution is -2.46. The standard InChI is InChI=1S/C16H22N2O4/c1-20-12-10-16(22-11-12)5-8-18(9-6-16)15(19)13-4-3-7-17-14(13)21-2/h3-4,7,12H,5-6,8-11H2,1-2H3/t12-/m1/s1. The summed E-state index contributed by atoms with van der Waals surface area (Å²) in [5, 5.41) is 0. The van der Waals surface area contributed by atoms with E-state index in [0.29, 0.717) is 31.1 Å². The first-order valence-electron chi connectivity index (χ1n) is 7.62. The number of carbonyl (C=O) groups is 1. The molecule has 0 aliphatic carbocycles. The highest BCUT2D eigenvalue weighted by molar-refractivity contribution is 5.96. The molecule has 2 aliphatic heterocycles. The largest absolute Gasteiger partial charge is 0.480 e. The van der Waals surface area contributed by atoms with E-state index in [1.165, 1.54) is 7.11 Å². The van der Waals surface area contributed by atoms with Crippen LogP contribution in [0, 0.1) is 0 Å². The zero-order valence-electron chi connectivity index (χ0n) is 13.1. The molecule has 0 radical (unpaired) electrons. The molecule has 3 rings (SSSR count). The molecule has 2 saturated heterocycles. The van der Waals surface area contributed by atoms with Gasteiger partial charge in [-0.05, 0) is 25.0 Å². The lowest BCUT2D eigenvalue weighted by molar-refractivity contribution is -0.0402. The Labute approximate surface area is 130 Å². The molecule has 0 aromatic carbocycles. The minimum atomic E-state index is -0.115. The van der Waals surface area contributed by atoms with E-state index in [1.54, 1.807) is 25.4 Å². The monoisotopic (exact) mass is 306 g/mol. The summed E-state index contributed by atoms with van der Waals surface area (Å²) in [4.78, 5) is 18.6. The Morgan fingerprint density at radius 3 is 2.82 bits per heavy atom. The molecule has 6 nitrogen and oxygen atoms in total. The quantitative estimate of drug-likeness (QED) is 0.847. The molecule has 1 aromatic heterocycles. The molecular weight excluding hydrogens is 284 g/mol. The maximum absolute atomic E-state index is 12.6. The predicted octanol–water partition coefficient (Wildman–Crippen LogP) is 1.50. The summed E-state index contributed by atoms with van der Waals surface area (Å²) in [6.07, 6.45) is 4.42. The van der Waals surface area contributed by atoms with E-state index in [9.17, 15) is 4.79 Å². The average molecular weight is 306 g/mol. The summed E-state index contributed by atoms with van der Waals surface area (Å²) < 4.78 is 16.5. The number of pyridine rings is 1. The summed E-state index contributed by atoms with van der Waals surface area (Å²) in [5.74, 6) is 0.352. The molecule has 22 heavy (non-hydrogen) atoms. The number of carbonyl (C=O) groups excluding carboxylic acids is 1. The van der Waals surface area contributed by atoms with Crippen LogP contribution >= 0.6 is 0 Å². The van der Waals surface area contributed by atoms with E-state index >= 15 is 0 Å². The van der Waals surface area contributed by atoms with Crippen molar-refractivity contribution >= 4 is 5.91 Å². The van der Waals surface area contributed by atoms with Crippen LogP contribution in [-0.4, -0.2) is 61.4 Å². The van der Waals surface area contributed by atoms with Crippen LogP contribution in [0.5, 0.6) is 5.88 Å². The van der Waals surface area contributed by atoms with Crippen molar-refractivity contribution in [1.82, 2.24) is 9.88 Å². The number of nitrogens with zero attached hydrogens (tertiary/aromatic N) is 2. The number of aromatic nitrogens is 1. The van der Waals surface area contributed by atoms with Crippen molar-refractivity contribution in [2.24, 2.45) is 0 Å². The number of ether oxygens (including phenoxy) is 3. The van der Waals surface area contributed by atoms with Gasteiger partial charge >= 0.3 is 0 Å².